The average molecular weight is 312 g/mol. The Kier molecular flexibility index (Phi) is 4.08. The molecular weight excluding hydrogens is 302 g/mol. The van der Waals surface area contributed by atoms with Crippen LogP contribution in [0.5, 0.6) is 5.75 Å². The van der Waals surface area contributed by atoms with Crippen molar-refractivity contribution in [2.24, 2.45) is 5.14 Å². The summed E-state index contributed by atoms with van der Waals surface area (Å²) >= 11 is 5.77. The Morgan fingerprint density at radius 1 is 1.10 bits per heavy atom. The molecule has 2 rings (SSSR count). The highest BCUT2D eigenvalue weighted by Crippen LogP contribution is 2.27. The second-order valence-electron chi connectivity index (χ2n) is 3.89. The zero-order valence-electron chi connectivity index (χ0n) is 10.1. The molecule has 0 aliphatic rings. The number of hydrogen-bond donors (Lipinski definition) is 1. The Labute approximate surface area is 121 Å². The van der Waals surface area contributed by atoms with Crippen LogP contribution in [0.15, 0.2) is 53.4 Å². The zero-order valence-corrected chi connectivity index (χ0v) is 11.7. The van der Waals surface area contributed by atoms with Crippen LogP contribution in [0, 0.1) is 0 Å². The van der Waals surface area contributed by atoms with Crippen LogP contribution in [0.2, 0.25) is 5.02 Å². The fraction of sp³-hybridized carbons (Fsp3) is 0. The molecule has 2 N–H and O–H groups in total. The molecule has 0 bridgehead atoms. The van der Waals surface area contributed by atoms with Crippen molar-refractivity contribution in [1.82, 2.24) is 0 Å². The molecule has 0 fully saturated rings. The van der Waals surface area contributed by atoms with Crippen LogP contribution in [0.4, 0.5) is 0 Å². The molecule has 0 amide bonds. The van der Waals surface area contributed by atoms with Gasteiger partial charge in [-0.3, -0.25) is 0 Å². The van der Waals surface area contributed by atoms with Gasteiger partial charge in [-0.15, -0.1) is 0 Å². The van der Waals surface area contributed by atoms with E-state index in [-0.39, 0.29) is 21.2 Å². The first kappa shape index (κ1) is 14.5. The predicted octanol–water partition coefficient (Wildman–Crippen LogP) is 2.21. The van der Waals surface area contributed by atoms with E-state index in [1.165, 1.54) is 18.2 Å². The van der Waals surface area contributed by atoms with Gasteiger partial charge in [-0.1, -0.05) is 29.8 Å². The highest BCUT2D eigenvalue weighted by atomic mass is 35.5. The number of benzene rings is 2. The van der Waals surface area contributed by atoms with Crippen molar-refractivity contribution >= 4 is 27.6 Å². The summed E-state index contributed by atoms with van der Waals surface area (Å²) in [4.78, 5) is 11.6. The van der Waals surface area contributed by atoms with E-state index in [1.54, 1.807) is 30.3 Å². The number of carbonyl (C=O) groups excluding carboxylic acids is 1. The fourth-order valence-electron chi connectivity index (χ4n) is 1.53. The Hall–Kier alpha value is -1.89. The van der Waals surface area contributed by atoms with Crippen LogP contribution >= 0.6 is 11.6 Å². The summed E-state index contributed by atoms with van der Waals surface area (Å²) in [7, 11) is -4.01. The topological polar surface area (TPSA) is 86.5 Å². The van der Waals surface area contributed by atoms with E-state index in [0.29, 0.717) is 0 Å². The van der Waals surface area contributed by atoms with Gasteiger partial charge in [-0.25, -0.2) is 18.4 Å². The molecular formula is C13H10ClNO4S. The number of sulfonamides is 1. The highest BCUT2D eigenvalue weighted by molar-refractivity contribution is 7.89. The maximum absolute atomic E-state index is 11.9. The normalized spacial score (nSPS) is 11.1. The Balaban J connectivity index is 2.39. The van der Waals surface area contributed by atoms with Gasteiger partial charge in [0.15, 0.2) is 5.75 Å². The zero-order chi connectivity index (χ0) is 14.8. The van der Waals surface area contributed by atoms with Gasteiger partial charge in [-0.2, -0.15) is 0 Å². The van der Waals surface area contributed by atoms with Crippen molar-refractivity contribution in [2.75, 3.05) is 0 Å². The lowest BCUT2D eigenvalue weighted by molar-refractivity contribution is 0.0730. The van der Waals surface area contributed by atoms with Crippen LogP contribution in [-0.4, -0.2) is 14.4 Å². The van der Waals surface area contributed by atoms with E-state index < -0.39 is 16.0 Å². The largest absolute Gasteiger partial charge is 0.421 e. The number of hydrogen-bond acceptors (Lipinski definition) is 4. The summed E-state index contributed by atoms with van der Waals surface area (Å²) < 4.78 is 27.9. The summed E-state index contributed by atoms with van der Waals surface area (Å²) in [6.07, 6.45) is 0. The van der Waals surface area contributed by atoms with E-state index in [4.69, 9.17) is 21.5 Å². The SMILES string of the molecule is NS(=O)(=O)c1ccc(Cl)cc1OC(=O)c1ccccc1. The summed E-state index contributed by atoms with van der Waals surface area (Å²) in [6, 6.07) is 11.9. The molecule has 0 spiro atoms. The molecule has 0 saturated carbocycles. The molecule has 0 radical (unpaired) electrons. The summed E-state index contributed by atoms with van der Waals surface area (Å²) in [5.41, 5.74) is 0.285. The quantitative estimate of drug-likeness (QED) is 0.695. The van der Waals surface area contributed by atoms with Crippen LogP contribution in [-0.2, 0) is 10.0 Å². The Bertz CT molecular complexity index is 744. The van der Waals surface area contributed by atoms with Crippen molar-refractivity contribution in [3.8, 4) is 5.75 Å². The maximum atomic E-state index is 11.9. The first-order chi connectivity index (χ1) is 9.38. The summed E-state index contributed by atoms with van der Waals surface area (Å²) in [5, 5.41) is 5.29. The van der Waals surface area contributed by atoms with E-state index >= 15 is 0 Å². The van der Waals surface area contributed by atoms with Gasteiger partial charge in [0.2, 0.25) is 10.0 Å². The van der Waals surface area contributed by atoms with Gasteiger partial charge in [0.1, 0.15) is 4.90 Å². The molecule has 0 heterocycles. The summed E-state index contributed by atoms with van der Waals surface area (Å²) in [6.45, 7) is 0. The first-order valence-electron chi connectivity index (χ1n) is 5.47. The fourth-order valence-corrected chi connectivity index (χ4v) is 2.33. The van der Waals surface area contributed by atoms with Crippen molar-refractivity contribution < 1.29 is 17.9 Å². The Morgan fingerprint density at radius 3 is 2.35 bits per heavy atom. The highest BCUT2D eigenvalue weighted by Gasteiger charge is 2.18. The van der Waals surface area contributed by atoms with Gasteiger partial charge in [0.25, 0.3) is 0 Å². The number of nitrogens with two attached hydrogens (primary N) is 1. The monoisotopic (exact) mass is 311 g/mol. The molecule has 0 aliphatic heterocycles. The molecule has 5 nitrogen and oxygen atoms in total. The van der Waals surface area contributed by atoms with E-state index in [2.05, 4.69) is 0 Å². The van der Waals surface area contributed by atoms with E-state index in [0.717, 1.165) is 0 Å². The number of primary sulfonamides is 1. The van der Waals surface area contributed by atoms with E-state index in [9.17, 15) is 13.2 Å². The lowest BCUT2D eigenvalue weighted by Crippen LogP contribution is -2.16. The third-order valence-electron chi connectivity index (χ3n) is 2.42. The predicted molar refractivity (Wildman–Crippen MR) is 74.2 cm³/mol. The lowest BCUT2D eigenvalue weighted by Gasteiger charge is -2.09. The number of halogens is 1. The average Bonchev–Trinajstić information content (AvgIpc) is 2.38. The maximum Gasteiger partial charge on any atom is 0.343 e. The van der Waals surface area contributed by atoms with Gasteiger partial charge >= 0.3 is 5.97 Å². The molecule has 0 atom stereocenters. The minimum atomic E-state index is -4.01. The summed E-state index contributed by atoms with van der Waals surface area (Å²) in [5.74, 6) is -0.897. The van der Waals surface area contributed by atoms with Crippen molar-refractivity contribution in [3.05, 3.63) is 59.1 Å². The van der Waals surface area contributed by atoms with Crippen LogP contribution in [0.1, 0.15) is 10.4 Å². The molecule has 0 saturated heterocycles. The van der Waals surface area contributed by atoms with Crippen LogP contribution in [0.25, 0.3) is 0 Å². The van der Waals surface area contributed by atoms with Crippen molar-refractivity contribution in [3.63, 3.8) is 0 Å². The van der Waals surface area contributed by atoms with Gasteiger partial charge < -0.3 is 4.74 Å². The first-order valence-corrected chi connectivity index (χ1v) is 7.40. The molecule has 104 valence electrons. The van der Waals surface area contributed by atoms with Crippen molar-refractivity contribution in [1.29, 1.82) is 0 Å². The third-order valence-corrected chi connectivity index (χ3v) is 3.61. The van der Waals surface area contributed by atoms with Gasteiger partial charge in [-0.05, 0) is 24.3 Å². The second kappa shape index (κ2) is 5.62. The second-order valence-corrected chi connectivity index (χ2v) is 5.86. The number of carbonyl (C=O) groups is 1. The molecule has 2 aromatic rings. The molecule has 20 heavy (non-hydrogen) atoms. The molecule has 7 heteroatoms. The standard InChI is InChI=1S/C13H10ClNO4S/c14-10-6-7-12(20(15,17)18)11(8-10)19-13(16)9-4-2-1-3-5-9/h1-8H,(H2,15,17,18). The van der Waals surface area contributed by atoms with Gasteiger partial charge in [0, 0.05) is 11.1 Å². The van der Waals surface area contributed by atoms with Crippen LogP contribution in [0.3, 0.4) is 0 Å². The van der Waals surface area contributed by atoms with Crippen LogP contribution < -0.4 is 9.88 Å². The smallest absolute Gasteiger partial charge is 0.343 e. The number of esters is 1. The minimum Gasteiger partial charge on any atom is -0.421 e. The van der Waals surface area contributed by atoms with E-state index in [1.807, 2.05) is 0 Å². The van der Waals surface area contributed by atoms with Crippen molar-refractivity contribution in [2.45, 2.75) is 4.90 Å². The number of ether oxygens (including phenoxy) is 1. The molecule has 0 aromatic heterocycles. The van der Waals surface area contributed by atoms with Gasteiger partial charge in [0.05, 0.1) is 5.56 Å². The molecule has 2 aromatic carbocycles. The number of rotatable bonds is 3. The lowest BCUT2D eigenvalue weighted by atomic mass is 10.2. The molecule has 0 unspecified atom stereocenters. The molecule has 0 aliphatic carbocycles. The minimum absolute atomic E-state index is 0.200. The third kappa shape index (κ3) is 3.36. The Morgan fingerprint density at radius 2 is 1.75 bits per heavy atom.